The van der Waals surface area contributed by atoms with Crippen molar-refractivity contribution in [2.45, 2.75) is 57.7 Å². The summed E-state index contributed by atoms with van der Waals surface area (Å²) in [5.41, 5.74) is -0.221. The standard InChI is InChI=1S/C12H20O3/c1-3-14-11(13)10-12(2,15-10)8-9-6-4-5-7-9/h9-10H,3-8H2,1-2H3. The second kappa shape index (κ2) is 4.12. The summed E-state index contributed by atoms with van der Waals surface area (Å²) in [4.78, 5) is 11.4. The Kier molecular flexibility index (Phi) is 3.01. The van der Waals surface area contributed by atoms with Crippen molar-refractivity contribution in [1.82, 2.24) is 0 Å². The van der Waals surface area contributed by atoms with Crippen LogP contribution < -0.4 is 0 Å². The van der Waals surface area contributed by atoms with Crippen LogP contribution in [0.25, 0.3) is 0 Å². The average Bonchev–Trinajstić information content (AvgIpc) is 2.61. The number of epoxide rings is 1. The molecule has 1 heterocycles. The zero-order valence-corrected chi connectivity index (χ0v) is 9.62. The van der Waals surface area contributed by atoms with Gasteiger partial charge in [0, 0.05) is 0 Å². The Morgan fingerprint density at radius 2 is 2.13 bits per heavy atom. The van der Waals surface area contributed by atoms with Gasteiger partial charge in [0.25, 0.3) is 0 Å². The molecule has 0 aromatic rings. The molecule has 0 amide bonds. The van der Waals surface area contributed by atoms with Gasteiger partial charge in [-0.2, -0.15) is 0 Å². The zero-order valence-electron chi connectivity index (χ0n) is 9.62. The number of hydrogen-bond acceptors (Lipinski definition) is 3. The van der Waals surface area contributed by atoms with Crippen LogP contribution in [-0.2, 0) is 14.3 Å². The van der Waals surface area contributed by atoms with Gasteiger partial charge < -0.3 is 9.47 Å². The molecule has 1 saturated heterocycles. The number of ether oxygens (including phenoxy) is 2. The van der Waals surface area contributed by atoms with E-state index >= 15 is 0 Å². The van der Waals surface area contributed by atoms with E-state index in [1.54, 1.807) is 0 Å². The lowest BCUT2D eigenvalue weighted by Crippen LogP contribution is -2.22. The predicted molar refractivity (Wildman–Crippen MR) is 56.5 cm³/mol. The first kappa shape index (κ1) is 10.9. The number of hydrogen-bond donors (Lipinski definition) is 0. The Bertz CT molecular complexity index is 245. The number of carbonyl (C=O) groups is 1. The van der Waals surface area contributed by atoms with Gasteiger partial charge in [-0.1, -0.05) is 25.7 Å². The van der Waals surface area contributed by atoms with E-state index in [0.29, 0.717) is 6.61 Å². The molecule has 2 rings (SSSR count). The summed E-state index contributed by atoms with van der Waals surface area (Å²) in [6, 6.07) is 0. The second-order valence-electron chi connectivity index (χ2n) is 4.92. The third kappa shape index (κ3) is 2.33. The Morgan fingerprint density at radius 3 is 2.73 bits per heavy atom. The molecule has 2 unspecified atom stereocenters. The van der Waals surface area contributed by atoms with Crippen molar-refractivity contribution in [3.05, 3.63) is 0 Å². The zero-order chi connectivity index (χ0) is 10.9. The summed E-state index contributed by atoms with van der Waals surface area (Å²) in [7, 11) is 0. The molecular weight excluding hydrogens is 192 g/mol. The molecule has 0 bridgehead atoms. The highest BCUT2D eigenvalue weighted by molar-refractivity contribution is 5.79. The summed E-state index contributed by atoms with van der Waals surface area (Å²) >= 11 is 0. The third-order valence-electron chi connectivity index (χ3n) is 3.55. The molecule has 0 spiro atoms. The Labute approximate surface area is 91.1 Å². The van der Waals surface area contributed by atoms with E-state index in [1.807, 2.05) is 13.8 Å². The molecule has 0 N–H and O–H groups in total. The molecule has 0 aromatic carbocycles. The summed E-state index contributed by atoms with van der Waals surface area (Å²) in [6.07, 6.45) is 6.01. The smallest absolute Gasteiger partial charge is 0.338 e. The van der Waals surface area contributed by atoms with Gasteiger partial charge in [-0.15, -0.1) is 0 Å². The van der Waals surface area contributed by atoms with Crippen molar-refractivity contribution >= 4 is 5.97 Å². The molecule has 2 fully saturated rings. The monoisotopic (exact) mass is 212 g/mol. The highest BCUT2D eigenvalue weighted by Gasteiger charge is 2.58. The van der Waals surface area contributed by atoms with Gasteiger partial charge in [-0.3, -0.25) is 0 Å². The van der Waals surface area contributed by atoms with Crippen LogP contribution in [0.3, 0.4) is 0 Å². The lowest BCUT2D eigenvalue weighted by molar-refractivity contribution is -0.144. The minimum absolute atomic E-state index is 0.182. The summed E-state index contributed by atoms with van der Waals surface area (Å²) in [6.45, 7) is 4.31. The van der Waals surface area contributed by atoms with E-state index in [1.165, 1.54) is 25.7 Å². The molecular formula is C12H20O3. The summed E-state index contributed by atoms with van der Waals surface area (Å²) in [5.74, 6) is 0.576. The third-order valence-corrected chi connectivity index (χ3v) is 3.55. The Hall–Kier alpha value is -0.570. The maximum atomic E-state index is 11.4. The fraction of sp³-hybridized carbons (Fsp3) is 0.917. The SMILES string of the molecule is CCOC(=O)C1OC1(C)CC1CCCC1. The normalized spacial score (nSPS) is 35.5. The van der Waals surface area contributed by atoms with Crippen LogP contribution in [0.5, 0.6) is 0 Å². The fourth-order valence-electron chi connectivity index (χ4n) is 2.69. The molecule has 2 atom stereocenters. The molecule has 1 aliphatic carbocycles. The van der Waals surface area contributed by atoms with E-state index in [4.69, 9.17) is 9.47 Å². The Morgan fingerprint density at radius 1 is 1.47 bits per heavy atom. The maximum Gasteiger partial charge on any atom is 0.338 e. The van der Waals surface area contributed by atoms with Gasteiger partial charge in [0.15, 0.2) is 6.10 Å². The van der Waals surface area contributed by atoms with E-state index in [9.17, 15) is 4.79 Å². The molecule has 86 valence electrons. The van der Waals surface area contributed by atoms with Crippen molar-refractivity contribution in [2.24, 2.45) is 5.92 Å². The molecule has 0 aromatic heterocycles. The van der Waals surface area contributed by atoms with Crippen LogP contribution in [0, 0.1) is 5.92 Å². The van der Waals surface area contributed by atoms with Crippen molar-refractivity contribution < 1.29 is 14.3 Å². The minimum Gasteiger partial charge on any atom is -0.464 e. The molecule has 15 heavy (non-hydrogen) atoms. The average molecular weight is 212 g/mol. The minimum atomic E-state index is -0.293. The first-order valence-electron chi connectivity index (χ1n) is 6.00. The molecule has 2 aliphatic rings. The van der Waals surface area contributed by atoms with E-state index < -0.39 is 0 Å². The fourth-order valence-corrected chi connectivity index (χ4v) is 2.69. The Balaban J connectivity index is 1.80. The van der Waals surface area contributed by atoms with Crippen molar-refractivity contribution in [2.75, 3.05) is 6.61 Å². The van der Waals surface area contributed by atoms with Crippen molar-refractivity contribution in [3.63, 3.8) is 0 Å². The largest absolute Gasteiger partial charge is 0.464 e. The van der Waals surface area contributed by atoms with Gasteiger partial charge in [-0.25, -0.2) is 4.79 Å². The maximum absolute atomic E-state index is 11.4. The summed E-state index contributed by atoms with van der Waals surface area (Å²) < 4.78 is 10.5. The van der Waals surface area contributed by atoms with E-state index in [-0.39, 0.29) is 17.7 Å². The molecule has 3 heteroatoms. The number of carbonyl (C=O) groups excluding carboxylic acids is 1. The molecule has 0 radical (unpaired) electrons. The van der Waals surface area contributed by atoms with Gasteiger partial charge in [0.1, 0.15) is 5.60 Å². The first-order valence-corrected chi connectivity index (χ1v) is 6.00. The van der Waals surface area contributed by atoms with Crippen LogP contribution in [0.1, 0.15) is 46.0 Å². The topological polar surface area (TPSA) is 38.8 Å². The number of esters is 1. The second-order valence-corrected chi connectivity index (χ2v) is 4.92. The van der Waals surface area contributed by atoms with Gasteiger partial charge in [-0.05, 0) is 26.2 Å². The van der Waals surface area contributed by atoms with Crippen LogP contribution in [-0.4, -0.2) is 24.3 Å². The van der Waals surface area contributed by atoms with Crippen molar-refractivity contribution in [1.29, 1.82) is 0 Å². The van der Waals surface area contributed by atoms with E-state index in [0.717, 1.165) is 12.3 Å². The highest BCUT2D eigenvalue weighted by Crippen LogP contribution is 2.45. The molecule has 1 aliphatic heterocycles. The van der Waals surface area contributed by atoms with Crippen LogP contribution in [0.2, 0.25) is 0 Å². The van der Waals surface area contributed by atoms with Gasteiger partial charge in [0.05, 0.1) is 6.61 Å². The highest BCUT2D eigenvalue weighted by atomic mass is 16.7. The first-order chi connectivity index (χ1) is 7.15. The van der Waals surface area contributed by atoms with E-state index in [2.05, 4.69) is 0 Å². The predicted octanol–water partition coefficient (Wildman–Crippen LogP) is 2.29. The molecule has 3 nitrogen and oxygen atoms in total. The lowest BCUT2D eigenvalue weighted by Gasteiger charge is -2.12. The lowest BCUT2D eigenvalue weighted by atomic mass is 9.92. The van der Waals surface area contributed by atoms with Gasteiger partial charge in [0.2, 0.25) is 0 Å². The van der Waals surface area contributed by atoms with Crippen LogP contribution >= 0.6 is 0 Å². The summed E-state index contributed by atoms with van der Waals surface area (Å²) in [5, 5.41) is 0. The number of rotatable bonds is 4. The quantitative estimate of drug-likeness (QED) is 0.530. The van der Waals surface area contributed by atoms with Crippen molar-refractivity contribution in [3.8, 4) is 0 Å². The van der Waals surface area contributed by atoms with Crippen LogP contribution in [0.4, 0.5) is 0 Å². The molecule has 1 saturated carbocycles. The van der Waals surface area contributed by atoms with Crippen LogP contribution in [0.15, 0.2) is 0 Å². The van der Waals surface area contributed by atoms with Gasteiger partial charge >= 0.3 is 5.97 Å².